The normalized spacial score (nSPS) is 19.1. The van der Waals surface area contributed by atoms with E-state index in [1.807, 2.05) is 36.4 Å². The number of aliphatic imine (C=N–C) groups is 1. The van der Waals surface area contributed by atoms with Gasteiger partial charge in [0.15, 0.2) is 5.84 Å². The lowest BCUT2D eigenvalue weighted by Gasteiger charge is -2.27. The van der Waals surface area contributed by atoms with Gasteiger partial charge in [-0.3, -0.25) is 9.40 Å². The second-order valence-electron chi connectivity index (χ2n) is 7.97. The minimum absolute atomic E-state index is 0.0112. The fourth-order valence-corrected chi connectivity index (χ4v) is 5.37. The van der Waals surface area contributed by atoms with Gasteiger partial charge in [-0.2, -0.15) is 10.1 Å². The molecule has 3 rings (SSSR count). The fourth-order valence-electron chi connectivity index (χ4n) is 3.53. The molecule has 1 aliphatic rings. The molecular weight excluding hydrogens is 471 g/mol. The van der Waals surface area contributed by atoms with Crippen LogP contribution in [0, 0.1) is 0 Å². The number of hydrogen-bond acceptors (Lipinski definition) is 6. The standard InChI is InChI=1S/C24H31N4O6P/c1-4-33-35(31,34-5-2)17-16-24(3)21(26-22(29)25-20-14-10-7-11-15-20)28(23(30)27-24)32-18-19-12-8-6-9-13-19/h6-15H,4-5,16-18H2,1-3H3,(H,25,29)(H,27,30)/b26-21-. The van der Waals surface area contributed by atoms with Gasteiger partial charge in [-0.25, -0.2) is 9.59 Å². The van der Waals surface area contributed by atoms with Crippen molar-refractivity contribution in [2.24, 2.45) is 4.99 Å². The van der Waals surface area contributed by atoms with Gasteiger partial charge in [0, 0.05) is 5.69 Å². The Kier molecular flexibility index (Phi) is 9.17. The molecule has 2 aromatic rings. The second-order valence-corrected chi connectivity index (χ2v) is 10.2. The average molecular weight is 503 g/mol. The molecule has 10 nitrogen and oxygen atoms in total. The summed E-state index contributed by atoms with van der Waals surface area (Å²) in [5, 5.41) is 6.46. The van der Waals surface area contributed by atoms with Crippen LogP contribution in [0.25, 0.3) is 0 Å². The number of nitrogens with zero attached hydrogens (tertiary/aromatic N) is 2. The molecule has 0 bridgehead atoms. The number of carbonyl (C=O) groups excluding carboxylic acids is 2. The van der Waals surface area contributed by atoms with Crippen LogP contribution in [0.3, 0.4) is 0 Å². The largest absolute Gasteiger partial charge is 0.348 e. The van der Waals surface area contributed by atoms with E-state index >= 15 is 0 Å². The Bertz CT molecular complexity index is 1070. The molecular formula is C24H31N4O6P. The van der Waals surface area contributed by atoms with E-state index in [1.54, 1.807) is 45.0 Å². The molecule has 1 heterocycles. The molecule has 2 N–H and O–H groups in total. The first kappa shape index (κ1) is 26.6. The number of urea groups is 2. The number of nitrogens with one attached hydrogen (secondary N) is 2. The van der Waals surface area contributed by atoms with Crippen molar-refractivity contribution in [1.29, 1.82) is 0 Å². The van der Waals surface area contributed by atoms with Crippen LogP contribution in [0.15, 0.2) is 65.7 Å². The molecule has 11 heteroatoms. The van der Waals surface area contributed by atoms with E-state index in [4.69, 9.17) is 13.9 Å². The molecule has 4 amide bonds. The van der Waals surface area contributed by atoms with Gasteiger partial charge >= 0.3 is 19.7 Å². The van der Waals surface area contributed by atoms with Crippen molar-refractivity contribution in [3.05, 3.63) is 66.2 Å². The van der Waals surface area contributed by atoms with Crippen LogP contribution >= 0.6 is 7.60 Å². The number of anilines is 1. The topological polar surface area (TPSA) is 119 Å². The summed E-state index contributed by atoms with van der Waals surface area (Å²) in [5.74, 6) is 0.0476. The third-order valence-corrected chi connectivity index (χ3v) is 7.30. The second kappa shape index (κ2) is 12.1. The predicted octanol–water partition coefficient (Wildman–Crippen LogP) is 5.19. The summed E-state index contributed by atoms with van der Waals surface area (Å²) in [5.41, 5.74) is 0.222. The molecule has 0 aromatic heterocycles. The maximum atomic E-state index is 13.0. The molecule has 1 aliphatic heterocycles. The summed E-state index contributed by atoms with van der Waals surface area (Å²) < 4.78 is 23.8. The zero-order valence-electron chi connectivity index (χ0n) is 20.1. The van der Waals surface area contributed by atoms with E-state index in [2.05, 4.69) is 15.6 Å². The van der Waals surface area contributed by atoms with E-state index in [0.29, 0.717) is 5.69 Å². The minimum atomic E-state index is -3.40. The molecule has 0 radical (unpaired) electrons. The third-order valence-electron chi connectivity index (χ3n) is 5.23. The predicted molar refractivity (Wildman–Crippen MR) is 133 cm³/mol. The summed E-state index contributed by atoms with van der Waals surface area (Å²) in [6, 6.07) is 16.9. The SMILES string of the molecule is CCOP(=O)(CCC1(C)NC(=O)N(OCc2ccccc2)/C1=N\C(=O)Nc1ccccc1)OCC. The molecule has 0 saturated carbocycles. The lowest BCUT2D eigenvalue weighted by atomic mass is 9.99. The number of rotatable bonds is 11. The number of hydroxylamine groups is 2. The van der Waals surface area contributed by atoms with Crippen LogP contribution in [-0.4, -0.2) is 47.9 Å². The highest BCUT2D eigenvalue weighted by Gasteiger charge is 2.48. The average Bonchev–Trinajstić information content (AvgIpc) is 3.07. The smallest absolute Gasteiger partial charge is 0.323 e. The van der Waals surface area contributed by atoms with Gasteiger partial charge in [-0.05, 0) is 44.9 Å². The molecule has 0 aliphatic carbocycles. The van der Waals surface area contributed by atoms with E-state index in [0.717, 1.165) is 10.6 Å². The molecule has 188 valence electrons. The van der Waals surface area contributed by atoms with Crippen molar-refractivity contribution in [2.75, 3.05) is 24.7 Å². The lowest BCUT2D eigenvalue weighted by Crippen LogP contribution is -2.45. The number of amides is 4. The first-order valence-corrected chi connectivity index (χ1v) is 13.1. The van der Waals surface area contributed by atoms with Crippen molar-refractivity contribution in [1.82, 2.24) is 10.4 Å². The van der Waals surface area contributed by atoms with Gasteiger partial charge in [0.1, 0.15) is 12.1 Å². The summed E-state index contributed by atoms with van der Waals surface area (Å²) in [7, 11) is -3.40. The van der Waals surface area contributed by atoms with Gasteiger partial charge in [-0.1, -0.05) is 48.5 Å². The lowest BCUT2D eigenvalue weighted by molar-refractivity contribution is -0.0681. The van der Waals surface area contributed by atoms with Gasteiger partial charge < -0.3 is 19.7 Å². The highest BCUT2D eigenvalue weighted by atomic mass is 31.2. The number of para-hydroxylation sites is 1. The van der Waals surface area contributed by atoms with Crippen LogP contribution in [-0.2, 0) is 25.1 Å². The van der Waals surface area contributed by atoms with Gasteiger partial charge in [0.2, 0.25) is 0 Å². The summed E-state index contributed by atoms with van der Waals surface area (Å²) in [4.78, 5) is 35.6. The van der Waals surface area contributed by atoms with Crippen molar-refractivity contribution in [3.63, 3.8) is 0 Å². The third kappa shape index (κ3) is 7.22. The van der Waals surface area contributed by atoms with Crippen LogP contribution in [0.4, 0.5) is 15.3 Å². The number of hydrogen-bond donors (Lipinski definition) is 2. The van der Waals surface area contributed by atoms with Crippen LogP contribution in [0.2, 0.25) is 0 Å². The van der Waals surface area contributed by atoms with Gasteiger partial charge in [0.05, 0.1) is 19.4 Å². The summed E-state index contributed by atoms with van der Waals surface area (Å²) >= 11 is 0. The molecule has 1 fully saturated rings. The maximum absolute atomic E-state index is 13.0. The van der Waals surface area contributed by atoms with Crippen molar-refractivity contribution < 1.29 is 28.0 Å². The van der Waals surface area contributed by atoms with Crippen LogP contribution < -0.4 is 10.6 Å². The molecule has 2 aromatic carbocycles. The zero-order valence-corrected chi connectivity index (χ0v) is 21.0. The van der Waals surface area contributed by atoms with Crippen LogP contribution in [0.1, 0.15) is 32.8 Å². The maximum Gasteiger partial charge on any atom is 0.348 e. The number of carbonyl (C=O) groups is 2. The fraction of sp³-hybridized carbons (Fsp3) is 0.375. The van der Waals surface area contributed by atoms with E-state index in [9.17, 15) is 14.2 Å². The Labute approximate surface area is 205 Å². The molecule has 1 unspecified atom stereocenters. The Morgan fingerprint density at radius 1 is 1.06 bits per heavy atom. The summed E-state index contributed by atoms with van der Waals surface area (Å²) in [6.45, 7) is 5.66. The Morgan fingerprint density at radius 3 is 2.26 bits per heavy atom. The quantitative estimate of drug-likeness (QED) is 0.408. The van der Waals surface area contributed by atoms with Crippen molar-refractivity contribution >= 4 is 31.2 Å². The molecule has 1 atom stereocenters. The van der Waals surface area contributed by atoms with Gasteiger partial charge in [-0.15, -0.1) is 0 Å². The van der Waals surface area contributed by atoms with E-state index in [1.165, 1.54) is 0 Å². The highest BCUT2D eigenvalue weighted by Crippen LogP contribution is 2.49. The van der Waals surface area contributed by atoms with Crippen molar-refractivity contribution in [3.8, 4) is 0 Å². The first-order valence-electron chi connectivity index (χ1n) is 11.4. The minimum Gasteiger partial charge on any atom is -0.323 e. The van der Waals surface area contributed by atoms with Crippen LogP contribution in [0.5, 0.6) is 0 Å². The first-order chi connectivity index (χ1) is 16.8. The Balaban J connectivity index is 1.86. The Morgan fingerprint density at radius 2 is 1.66 bits per heavy atom. The van der Waals surface area contributed by atoms with Crippen molar-refractivity contribution in [2.45, 2.75) is 39.3 Å². The number of benzene rings is 2. The molecule has 35 heavy (non-hydrogen) atoms. The zero-order chi connectivity index (χ0) is 25.3. The monoisotopic (exact) mass is 502 g/mol. The van der Waals surface area contributed by atoms with E-state index in [-0.39, 0.29) is 38.2 Å². The number of amidine groups is 1. The highest BCUT2D eigenvalue weighted by molar-refractivity contribution is 7.53. The summed E-state index contributed by atoms with van der Waals surface area (Å²) in [6.07, 6.45) is 0.149. The molecule has 1 saturated heterocycles. The molecule has 0 spiro atoms. The van der Waals surface area contributed by atoms with E-state index < -0.39 is 25.2 Å². The Hall–Kier alpha value is -3.04. The van der Waals surface area contributed by atoms with Gasteiger partial charge in [0.25, 0.3) is 0 Å².